The molecule has 0 bridgehead atoms. The first kappa shape index (κ1) is 23.8. The van der Waals surface area contributed by atoms with Crippen LogP contribution in [0.4, 0.5) is 24.7 Å². The third-order valence-corrected chi connectivity index (χ3v) is 4.24. The molecule has 0 saturated carbocycles. The summed E-state index contributed by atoms with van der Waals surface area (Å²) in [5, 5.41) is 0. The number of halogens is 3. The average molecular weight is 425 g/mol. The summed E-state index contributed by atoms with van der Waals surface area (Å²) in [5.74, 6) is 0.173. The second-order valence-electron chi connectivity index (χ2n) is 8.04. The Morgan fingerprint density at radius 3 is 2.37 bits per heavy atom. The van der Waals surface area contributed by atoms with Crippen molar-refractivity contribution in [2.45, 2.75) is 65.2 Å². The number of hydrogen-bond acceptors (Lipinski definition) is 5. The van der Waals surface area contributed by atoms with E-state index in [-0.39, 0.29) is 11.8 Å². The summed E-state index contributed by atoms with van der Waals surface area (Å²) < 4.78 is 52.4. The zero-order chi connectivity index (χ0) is 22.4. The molecule has 0 unspecified atom stereocenters. The van der Waals surface area contributed by atoms with Gasteiger partial charge in [0, 0.05) is 13.2 Å². The average Bonchev–Trinajstić information content (AvgIpc) is 2.65. The predicted molar refractivity (Wildman–Crippen MR) is 112 cm³/mol. The number of benzene rings is 1. The SMILES string of the molecule is CCCCCCOc1ncc(C(F)(F)F)c(N(C)c2ccccc2OC(C)(C)C)n1. The molecule has 0 aliphatic rings. The number of para-hydroxylation sites is 2. The summed E-state index contributed by atoms with van der Waals surface area (Å²) in [6.45, 7) is 8.09. The van der Waals surface area contributed by atoms with E-state index in [2.05, 4.69) is 16.9 Å². The molecule has 0 aliphatic carbocycles. The maximum absolute atomic E-state index is 13.6. The monoisotopic (exact) mass is 425 g/mol. The second kappa shape index (κ2) is 10.00. The fourth-order valence-corrected chi connectivity index (χ4v) is 2.84. The van der Waals surface area contributed by atoms with Crippen molar-refractivity contribution in [3.8, 4) is 11.8 Å². The maximum Gasteiger partial charge on any atom is 0.421 e. The van der Waals surface area contributed by atoms with Crippen LogP contribution in [0.25, 0.3) is 0 Å². The van der Waals surface area contributed by atoms with E-state index in [9.17, 15) is 13.2 Å². The lowest BCUT2D eigenvalue weighted by Gasteiger charge is -2.28. The van der Waals surface area contributed by atoms with Gasteiger partial charge in [0.2, 0.25) is 0 Å². The zero-order valence-electron chi connectivity index (χ0n) is 18.2. The normalized spacial score (nSPS) is 12.0. The van der Waals surface area contributed by atoms with Gasteiger partial charge < -0.3 is 14.4 Å². The maximum atomic E-state index is 13.6. The molecule has 2 aromatic rings. The minimum Gasteiger partial charge on any atom is -0.486 e. The molecule has 2 rings (SSSR count). The fourth-order valence-electron chi connectivity index (χ4n) is 2.84. The quantitative estimate of drug-likeness (QED) is 0.435. The van der Waals surface area contributed by atoms with E-state index >= 15 is 0 Å². The summed E-state index contributed by atoms with van der Waals surface area (Å²) in [6, 6.07) is 6.84. The number of alkyl halides is 3. The predicted octanol–water partition coefficient (Wildman–Crippen LogP) is 6.40. The lowest BCUT2D eigenvalue weighted by atomic mass is 10.1. The Bertz CT molecular complexity index is 820. The molecule has 0 spiro atoms. The van der Waals surface area contributed by atoms with Gasteiger partial charge in [0.15, 0.2) is 5.82 Å². The van der Waals surface area contributed by atoms with Crippen LogP contribution < -0.4 is 14.4 Å². The van der Waals surface area contributed by atoms with Gasteiger partial charge in [0.1, 0.15) is 16.9 Å². The minimum absolute atomic E-state index is 0.0735. The van der Waals surface area contributed by atoms with Crippen molar-refractivity contribution < 1.29 is 22.6 Å². The highest BCUT2D eigenvalue weighted by Crippen LogP contribution is 2.40. The molecular formula is C22H30F3N3O2. The number of nitrogens with zero attached hydrogens (tertiary/aromatic N) is 3. The van der Waals surface area contributed by atoms with Gasteiger partial charge in [-0.2, -0.15) is 18.2 Å². The Balaban J connectivity index is 2.37. The molecule has 1 aromatic carbocycles. The molecule has 0 N–H and O–H groups in total. The largest absolute Gasteiger partial charge is 0.486 e. The van der Waals surface area contributed by atoms with Crippen LogP contribution in [0, 0.1) is 0 Å². The summed E-state index contributed by atoms with van der Waals surface area (Å²) in [4.78, 5) is 9.21. The highest BCUT2D eigenvalue weighted by Gasteiger charge is 2.37. The van der Waals surface area contributed by atoms with Crippen LogP contribution in [0.1, 0.15) is 58.9 Å². The van der Waals surface area contributed by atoms with Gasteiger partial charge in [0.25, 0.3) is 0 Å². The Morgan fingerprint density at radius 1 is 1.03 bits per heavy atom. The molecule has 166 valence electrons. The lowest BCUT2D eigenvalue weighted by Crippen LogP contribution is -2.25. The van der Waals surface area contributed by atoms with Gasteiger partial charge in [-0.15, -0.1) is 0 Å². The summed E-state index contributed by atoms with van der Waals surface area (Å²) in [7, 11) is 1.52. The summed E-state index contributed by atoms with van der Waals surface area (Å²) in [6.07, 6.45) is 0.112. The van der Waals surface area contributed by atoms with Gasteiger partial charge in [-0.3, -0.25) is 0 Å². The van der Waals surface area contributed by atoms with E-state index in [1.165, 1.54) is 11.9 Å². The molecule has 0 saturated heterocycles. The highest BCUT2D eigenvalue weighted by atomic mass is 19.4. The second-order valence-corrected chi connectivity index (χ2v) is 8.04. The van der Waals surface area contributed by atoms with Crippen LogP contribution in [-0.4, -0.2) is 29.2 Å². The van der Waals surface area contributed by atoms with Crippen molar-refractivity contribution in [1.82, 2.24) is 9.97 Å². The fraction of sp³-hybridized carbons (Fsp3) is 0.545. The number of hydrogen-bond donors (Lipinski definition) is 0. The van der Waals surface area contributed by atoms with Crippen LogP contribution in [-0.2, 0) is 6.18 Å². The van der Waals surface area contributed by atoms with Crippen molar-refractivity contribution in [1.29, 1.82) is 0 Å². The van der Waals surface area contributed by atoms with E-state index in [4.69, 9.17) is 9.47 Å². The number of aromatic nitrogens is 2. The Hall–Kier alpha value is -2.51. The zero-order valence-corrected chi connectivity index (χ0v) is 18.2. The smallest absolute Gasteiger partial charge is 0.421 e. The van der Waals surface area contributed by atoms with E-state index in [0.717, 1.165) is 31.9 Å². The standard InChI is InChI=1S/C22H30F3N3O2/c1-6-7-8-11-14-29-20-26-15-16(22(23,24)25)19(27-20)28(5)17-12-9-10-13-18(17)30-21(2,3)4/h9-10,12-13,15H,6-8,11,14H2,1-5H3. The molecule has 0 atom stereocenters. The van der Waals surface area contributed by atoms with Crippen molar-refractivity contribution in [2.75, 3.05) is 18.6 Å². The third kappa shape index (κ3) is 6.78. The lowest BCUT2D eigenvalue weighted by molar-refractivity contribution is -0.137. The van der Waals surface area contributed by atoms with Gasteiger partial charge in [-0.05, 0) is 39.3 Å². The molecule has 0 aliphatic heterocycles. The van der Waals surface area contributed by atoms with Crippen LogP contribution in [0.2, 0.25) is 0 Å². The van der Waals surface area contributed by atoms with Gasteiger partial charge >= 0.3 is 12.2 Å². The van der Waals surface area contributed by atoms with Crippen LogP contribution in [0.5, 0.6) is 11.8 Å². The molecule has 30 heavy (non-hydrogen) atoms. The third-order valence-electron chi connectivity index (χ3n) is 4.24. The Morgan fingerprint density at radius 2 is 1.73 bits per heavy atom. The minimum atomic E-state index is -4.61. The van der Waals surface area contributed by atoms with Crippen LogP contribution >= 0.6 is 0 Å². The van der Waals surface area contributed by atoms with Gasteiger partial charge in [0.05, 0.1) is 12.3 Å². The van der Waals surface area contributed by atoms with Crippen LogP contribution in [0.3, 0.4) is 0 Å². The van der Waals surface area contributed by atoms with Gasteiger partial charge in [-0.25, -0.2) is 4.98 Å². The molecule has 1 heterocycles. The van der Waals surface area contributed by atoms with Crippen molar-refractivity contribution in [2.24, 2.45) is 0 Å². The number of ether oxygens (including phenoxy) is 2. The van der Waals surface area contributed by atoms with E-state index in [1.807, 2.05) is 20.8 Å². The molecule has 1 aromatic heterocycles. The molecule has 0 fully saturated rings. The highest BCUT2D eigenvalue weighted by molar-refractivity contribution is 5.68. The number of unbranched alkanes of at least 4 members (excludes halogenated alkanes) is 3. The Kier molecular flexibility index (Phi) is 7.92. The molecule has 0 amide bonds. The van der Waals surface area contributed by atoms with Gasteiger partial charge in [-0.1, -0.05) is 38.3 Å². The van der Waals surface area contributed by atoms with Crippen molar-refractivity contribution in [3.63, 3.8) is 0 Å². The first-order valence-electron chi connectivity index (χ1n) is 10.1. The van der Waals surface area contributed by atoms with E-state index < -0.39 is 17.3 Å². The van der Waals surface area contributed by atoms with Crippen molar-refractivity contribution in [3.05, 3.63) is 36.0 Å². The molecule has 0 radical (unpaired) electrons. The number of rotatable bonds is 9. The molecular weight excluding hydrogens is 395 g/mol. The molecule has 5 nitrogen and oxygen atoms in total. The summed E-state index contributed by atoms with van der Waals surface area (Å²) >= 11 is 0. The number of anilines is 2. The topological polar surface area (TPSA) is 47.5 Å². The molecule has 8 heteroatoms. The summed E-state index contributed by atoms with van der Waals surface area (Å²) in [5.41, 5.74) is -0.984. The van der Waals surface area contributed by atoms with E-state index in [1.54, 1.807) is 24.3 Å². The van der Waals surface area contributed by atoms with E-state index in [0.29, 0.717) is 18.0 Å². The first-order valence-corrected chi connectivity index (χ1v) is 10.1. The van der Waals surface area contributed by atoms with Crippen molar-refractivity contribution >= 4 is 11.5 Å². The Labute approximate surface area is 176 Å². The first-order chi connectivity index (χ1) is 14.0. The van der Waals surface area contributed by atoms with Crippen LogP contribution in [0.15, 0.2) is 30.5 Å².